The van der Waals surface area contributed by atoms with Gasteiger partial charge < -0.3 is 34.4 Å². The van der Waals surface area contributed by atoms with E-state index in [4.69, 9.17) is 14.5 Å². The molecule has 10 rings (SSSR count). The number of piperidine rings is 1. The highest BCUT2D eigenvalue weighted by molar-refractivity contribution is 7.13. The first-order valence-corrected chi connectivity index (χ1v) is 23.7. The number of aromatic nitrogens is 7. The van der Waals surface area contributed by atoms with Crippen molar-refractivity contribution in [2.24, 2.45) is 5.92 Å². The number of para-hydroxylation sites is 1. The van der Waals surface area contributed by atoms with Crippen LogP contribution in [-0.4, -0.2) is 93.6 Å². The molecule has 7 heterocycles. The molecule has 3 aliphatic rings. The van der Waals surface area contributed by atoms with Crippen molar-refractivity contribution in [1.82, 2.24) is 45.1 Å². The topological polar surface area (TPSA) is 189 Å². The maximum absolute atomic E-state index is 14.4. The van der Waals surface area contributed by atoms with E-state index in [9.17, 15) is 19.8 Å². The summed E-state index contributed by atoms with van der Waals surface area (Å²) in [5.41, 5.74) is 10.5. The van der Waals surface area contributed by atoms with Gasteiger partial charge in [0.25, 0.3) is 0 Å². The number of aliphatic hydroxyl groups excluding tert-OH is 1. The van der Waals surface area contributed by atoms with E-state index in [1.165, 1.54) is 10.6 Å². The molecule has 1 aliphatic carbocycles. The maximum Gasteiger partial charge on any atom is 0.243 e. The van der Waals surface area contributed by atoms with Crippen LogP contribution in [0.1, 0.15) is 100 Å². The summed E-state index contributed by atoms with van der Waals surface area (Å²) < 4.78 is 8.33. The van der Waals surface area contributed by atoms with Gasteiger partial charge in [0.15, 0.2) is 0 Å². The molecule has 2 aromatic carbocycles. The number of carbonyl (C=O) groups excluding carboxylic acids is 2. The number of phenolic OH excluding ortho intramolecular Hbond substituents is 1. The van der Waals surface area contributed by atoms with Crippen LogP contribution in [0.5, 0.6) is 5.75 Å². The van der Waals surface area contributed by atoms with Crippen LogP contribution < -0.4 is 10.2 Å². The minimum Gasteiger partial charge on any atom is -0.507 e. The Morgan fingerprint density at radius 3 is 2.35 bits per heavy atom. The second-order valence-corrected chi connectivity index (χ2v) is 19.7. The lowest BCUT2D eigenvalue weighted by molar-refractivity contribution is -0.141. The number of fused-ring (bicyclic) bond motifs is 1. The van der Waals surface area contributed by atoms with Gasteiger partial charge in [0.05, 0.1) is 39.4 Å². The van der Waals surface area contributed by atoms with Gasteiger partial charge in [0, 0.05) is 72.8 Å². The lowest BCUT2D eigenvalue weighted by Gasteiger charge is -2.33. The number of phenols is 1. The fourth-order valence-corrected chi connectivity index (χ4v) is 10.6. The summed E-state index contributed by atoms with van der Waals surface area (Å²) in [7, 11) is 0. The van der Waals surface area contributed by atoms with Gasteiger partial charge >= 0.3 is 0 Å². The number of aliphatic hydroxyl groups is 1. The Morgan fingerprint density at radius 1 is 0.924 bits per heavy atom. The van der Waals surface area contributed by atoms with Gasteiger partial charge in [-0.2, -0.15) is 0 Å². The zero-order chi connectivity index (χ0) is 45.9. The first-order valence-electron chi connectivity index (χ1n) is 22.9. The largest absolute Gasteiger partial charge is 0.507 e. The average Bonchev–Trinajstić information content (AvgIpc) is 3.79. The van der Waals surface area contributed by atoms with Gasteiger partial charge in [0.1, 0.15) is 34.7 Å². The van der Waals surface area contributed by atoms with Crippen LogP contribution in [0.2, 0.25) is 0 Å². The zero-order valence-electron chi connectivity index (χ0n) is 37.8. The van der Waals surface area contributed by atoms with Crippen molar-refractivity contribution < 1.29 is 24.3 Å². The standard InChI is InChI=1S/C50H54N10O5S/c1-28(2)45(48(64)59-26-35(61)20-42(59)47(63)54-29(3)31-10-12-33(13-11-31)46-30(4)53-27-66-46)44-23-37(57-65-44)34-24-51-49(52-25-34)58-18-14-32(15-19-58)40-22-39-41(60(40)50(5)16-17-50)21-38(55-56-39)36-8-6-7-9-43(36)62/h6-13,21-25,27-29,32,35,42,45,61-62H,14-20,26H2,1-5H3,(H,54,63)/t29-,35+,42-,45-/m0/s1. The van der Waals surface area contributed by atoms with E-state index < -0.39 is 18.1 Å². The van der Waals surface area contributed by atoms with Gasteiger partial charge in [-0.1, -0.05) is 55.4 Å². The van der Waals surface area contributed by atoms with Crippen molar-refractivity contribution in [1.29, 1.82) is 0 Å². The molecular weight excluding hydrogens is 853 g/mol. The molecule has 15 nitrogen and oxygen atoms in total. The fraction of sp³-hybridized carbons (Fsp3) is 0.400. The van der Waals surface area contributed by atoms with Crippen molar-refractivity contribution in [3.63, 3.8) is 0 Å². The molecule has 7 aromatic rings. The van der Waals surface area contributed by atoms with Gasteiger partial charge in [0.2, 0.25) is 17.8 Å². The molecule has 0 radical (unpaired) electrons. The van der Waals surface area contributed by atoms with Gasteiger partial charge in [-0.3, -0.25) is 9.59 Å². The van der Waals surface area contributed by atoms with Crippen LogP contribution in [0.4, 0.5) is 5.95 Å². The van der Waals surface area contributed by atoms with Crippen LogP contribution in [-0.2, 0) is 15.1 Å². The number of amides is 2. The predicted octanol–water partition coefficient (Wildman–Crippen LogP) is 8.15. The number of benzene rings is 2. The molecule has 2 aliphatic heterocycles. The number of nitrogens with one attached hydrogen (secondary N) is 1. The predicted molar refractivity (Wildman–Crippen MR) is 252 cm³/mol. The molecule has 66 heavy (non-hydrogen) atoms. The summed E-state index contributed by atoms with van der Waals surface area (Å²) in [6.07, 6.45) is 6.84. The number of hydrogen-bond donors (Lipinski definition) is 3. The highest BCUT2D eigenvalue weighted by atomic mass is 32.1. The SMILES string of the molecule is Cc1ncsc1-c1ccc([C@H](C)NC(=O)[C@@H]2C[C@@H](O)CN2C(=O)[C@H](c2cc(-c3cnc(N4CCC(c5cc6nnc(-c7ccccc7O)cc6n5C5(C)CC5)CC4)nc3)no2)C(C)C)cc1. The first-order chi connectivity index (χ1) is 31.8. The molecule has 0 unspecified atom stereocenters. The third-order valence-electron chi connectivity index (χ3n) is 13.8. The maximum atomic E-state index is 14.4. The van der Waals surface area contributed by atoms with Crippen LogP contribution in [0.15, 0.2) is 89.2 Å². The van der Waals surface area contributed by atoms with Crippen LogP contribution in [0.3, 0.4) is 0 Å². The lowest BCUT2D eigenvalue weighted by Crippen LogP contribution is -2.48. The Morgan fingerprint density at radius 2 is 1.67 bits per heavy atom. The smallest absolute Gasteiger partial charge is 0.243 e. The monoisotopic (exact) mass is 906 g/mol. The molecule has 0 spiro atoms. The number of thiazole rings is 1. The van der Waals surface area contributed by atoms with Crippen LogP contribution in [0.25, 0.3) is 44.0 Å². The summed E-state index contributed by atoms with van der Waals surface area (Å²) in [4.78, 5) is 46.8. The zero-order valence-corrected chi connectivity index (χ0v) is 38.6. The normalized spacial score (nSPS) is 19.4. The highest BCUT2D eigenvalue weighted by Crippen LogP contribution is 2.49. The van der Waals surface area contributed by atoms with Gasteiger partial charge in [-0.05, 0) is 87.8 Å². The Bertz CT molecular complexity index is 2900. The van der Waals surface area contributed by atoms with E-state index >= 15 is 0 Å². The highest BCUT2D eigenvalue weighted by Gasteiger charge is 2.45. The molecule has 3 N–H and O–H groups in total. The number of anilines is 1. The summed E-state index contributed by atoms with van der Waals surface area (Å²) in [5.74, 6) is -0.0185. The van der Waals surface area contributed by atoms with Crippen molar-refractivity contribution in [3.05, 3.63) is 107 Å². The molecule has 2 amide bonds. The van der Waals surface area contributed by atoms with Crippen molar-refractivity contribution in [2.45, 2.75) is 102 Å². The number of aromatic hydroxyl groups is 1. The minimum atomic E-state index is -0.839. The van der Waals surface area contributed by atoms with Gasteiger partial charge in [-0.15, -0.1) is 21.5 Å². The average molecular weight is 907 g/mol. The second-order valence-electron chi connectivity index (χ2n) is 18.8. The molecule has 16 heteroatoms. The number of β-amino-alcohol motifs (C(OH)–C–C–N with tert-alkyl or cyclic N) is 1. The summed E-state index contributed by atoms with van der Waals surface area (Å²) in [6.45, 7) is 11.7. The van der Waals surface area contributed by atoms with E-state index in [1.54, 1.807) is 41.9 Å². The van der Waals surface area contributed by atoms with Crippen LogP contribution >= 0.6 is 11.3 Å². The Balaban J connectivity index is 0.792. The van der Waals surface area contributed by atoms with E-state index in [-0.39, 0.29) is 48.0 Å². The third-order valence-corrected chi connectivity index (χ3v) is 14.8. The summed E-state index contributed by atoms with van der Waals surface area (Å²) in [6, 6.07) is 20.1. The minimum absolute atomic E-state index is 0.0289. The Kier molecular flexibility index (Phi) is 11.4. The number of likely N-dealkylation sites (tertiary alicyclic amines) is 1. The number of carbonyl (C=O) groups is 2. The second kappa shape index (κ2) is 17.4. The molecule has 0 bridgehead atoms. The first kappa shape index (κ1) is 43.4. The summed E-state index contributed by atoms with van der Waals surface area (Å²) >= 11 is 1.59. The van der Waals surface area contributed by atoms with Crippen LogP contribution in [0, 0.1) is 12.8 Å². The Labute approximate surface area is 386 Å². The van der Waals surface area contributed by atoms with E-state index in [0.29, 0.717) is 40.1 Å². The van der Waals surface area contributed by atoms with Crippen molar-refractivity contribution >= 4 is 40.1 Å². The molecule has 1 saturated carbocycles. The molecular formula is C50H54N10O5S. The molecule has 3 fully saturated rings. The number of aryl methyl sites for hydroxylation is 1. The third kappa shape index (κ3) is 8.21. The number of nitrogens with zero attached hydrogens (tertiary/aromatic N) is 9. The Hall–Kier alpha value is -6.52. The van der Waals surface area contributed by atoms with E-state index in [0.717, 1.165) is 71.5 Å². The summed E-state index contributed by atoms with van der Waals surface area (Å²) in [5, 5.41) is 37.8. The van der Waals surface area contributed by atoms with Crippen molar-refractivity contribution in [2.75, 3.05) is 24.5 Å². The fourth-order valence-electron chi connectivity index (χ4n) is 9.83. The lowest BCUT2D eigenvalue weighted by atomic mass is 9.91. The van der Waals surface area contributed by atoms with E-state index in [2.05, 4.69) is 54.2 Å². The molecule has 340 valence electrons. The van der Waals surface area contributed by atoms with E-state index in [1.807, 2.05) is 69.6 Å². The van der Waals surface area contributed by atoms with Crippen molar-refractivity contribution in [3.8, 4) is 38.7 Å². The molecule has 4 atom stereocenters. The number of rotatable bonds is 12. The molecule has 2 saturated heterocycles. The van der Waals surface area contributed by atoms with Gasteiger partial charge in [-0.25, -0.2) is 15.0 Å². The molecule has 5 aromatic heterocycles. The number of hydrogen-bond acceptors (Lipinski definition) is 13. The quantitative estimate of drug-likeness (QED) is 0.107.